The average Bonchev–Trinajstić information content (AvgIpc) is 3.37. The van der Waals surface area contributed by atoms with Crippen LogP contribution >= 0.6 is 0 Å². The molecule has 11 aromatic rings. The molecule has 0 aliphatic carbocycles. The SMILES string of the molecule is c1ccc(-c2cc(-c3ccccc3)cc(N(c3ccc4c(-c5ccccc5)c(-c5ccccc5)c5ccccc5c4c3)c3c(-c4ccccc4)cccc3-c3ccccc3)c2)cc1. The second kappa shape index (κ2) is 16.7. The van der Waals surface area contributed by atoms with Crippen molar-refractivity contribution in [2.24, 2.45) is 0 Å². The van der Waals surface area contributed by atoms with Crippen LogP contribution in [0.25, 0.3) is 88.3 Å². The smallest absolute Gasteiger partial charge is 0.0618 e. The Kier molecular flexibility index (Phi) is 9.97. The van der Waals surface area contributed by atoms with Crippen molar-refractivity contribution in [1.29, 1.82) is 0 Å². The Morgan fingerprint density at radius 3 is 1.05 bits per heavy atom. The van der Waals surface area contributed by atoms with Crippen LogP contribution in [0.4, 0.5) is 17.1 Å². The Morgan fingerprint density at radius 2 is 0.587 bits per heavy atom. The van der Waals surface area contributed by atoms with E-state index in [0.717, 1.165) is 50.4 Å². The normalized spacial score (nSPS) is 11.2. The third-order valence-corrected chi connectivity index (χ3v) is 12.2. The third kappa shape index (κ3) is 7.16. The third-order valence-electron chi connectivity index (χ3n) is 12.2. The minimum absolute atomic E-state index is 1.07. The summed E-state index contributed by atoms with van der Waals surface area (Å²) in [5.74, 6) is 0. The molecule has 0 radical (unpaired) electrons. The molecule has 0 N–H and O–H groups in total. The molecular weight excluding hydrogens is 759 g/mol. The summed E-state index contributed by atoms with van der Waals surface area (Å²) in [6, 6.07) is 94.9. The van der Waals surface area contributed by atoms with Crippen molar-refractivity contribution in [3.63, 3.8) is 0 Å². The Bertz CT molecular complexity index is 3230. The van der Waals surface area contributed by atoms with Gasteiger partial charge in [0.25, 0.3) is 0 Å². The zero-order valence-corrected chi connectivity index (χ0v) is 34.8. The lowest BCUT2D eigenvalue weighted by atomic mass is 9.84. The van der Waals surface area contributed by atoms with Gasteiger partial charge in [-0.05, 0) is 108 Å². The van der Waals surface area contributed by atoms with Gasteiger partial charge in [0.05, 0.1) is 5.69 Å². The molecule has 11 rings (SSSR count). The van der Waals surface area contributed by atoms with Gasteiger partial charge in [-0.15, -0.1) is 0 Å². The molecule has 1 nitrogen and oxygen atoms in total. The van der Waals surface area contributed by atoms with E-state index in [2.05, 4.69) is 266 Å². The molecule has 0 bridgehead atoms. The fourth-order valence-corrected chi connectivity index (χ4v) is 9.35. The van der Waals surface area contributed by atoms with Gasteiger partial charge in [0.15, 0.2) is 0 Å². The molecule has 0 fully saturated rings. The molecule has 63 heavy (non-hydrogen) atoms. The molecule has 0 spiro atoms. The van der Waals surface area contributed by atoms with Crippen LogP contribution in [0, 0.1) is 0 Å². The topological polar surface area (TPSA) is 3.24 Å². The van der Waals surface area contributed by atoms with E-state index in [1.54, 1.807) is 0 Å². The van der Waals surface area contributed by atoms with Crippen LogP contribution in [-0.4, -0.2) is 0 Å². The fraction of sp³-hybridized carbons (Fsp3) is 0. The molecule has 0 unspecified atom stereocenters. The summed E-state index contributed by atoms with van der Waals surface area (Å²) >= 11 is 0. The first kappa shape index (κ1) is 37.7. The van der Waals surface area contributed by atoms with Crippen LogP contribution in [0.2, 0.25) is 0 Å². The number of hydrogen-bond donors (Lipinski definition) is 0. The first-order chi connectivity index (χ1) is 31.3. The van der Waals surface area contributed by atoms with E-state index in [4.69, 9.17) is 0 Å². The predicted molar refractivity (Wildman–Crippen MR) is 269 cm³/mol. The zero-order valence-electron chi connectivity index (χ0n) is 34.8. The van der Waals surface area contributed by atoms with Gasteiger partial charge in [-0.25, -0.2) is 0 Å². The van der Waals surface area contributed by atoms with Crippen molar-refractivity contribution in [3.8, 4) is 66.8 Å². The highest BCUT2D eigenvalue weighted by molar-refractivity contribution is 6.22. The summed E-state index contributed by atoms with van der Waals surface area (Å²) in [6.45, 7) is 0. The molecule has 0 aromatic heterocycles. The van der Waals surface area contributed by atoms with Crippen LogP contribution in [0.3, 0.4) is 0 Å². The van der Waals surface area contributed by atoms with Crippen LogP contribution in [0.15, 0.2) is 261 Å². The number of fused-ring (bicyclic) bond motifs is 3. The molecule has 0 saturated carbocycles. The van der Waals surface area contributed by atoms with E-state index < -0.39 is 0 Å². The largest absolute Gasteiger partial charge is 0.309 e. The Balaban J connectivity index is 1.27. The molecule has 0 heterocycles. The van der Waals surface area contributed by atoms with Gasteiger partial charge >= 0.3 is 0 Å². The van der Waals surface area contributed by atoms with Gasteiger partial charge in [0, 0.05) is 22.5 Å². The summed E-state index contributed by atoms with van der Waals surface area (Å²) in [4.78, 5) is 2.52. The minimum Gasteiger partial charge on any atom is -0.309 e. The second-order valence-corrected chi connectivity index (χ2v) is 16.0. The van der Waals surface area contributed by atoms with Gasteiger partial charge in [-0.1, -0.05) is 231 Å². The maximum Gasteiger partial charge on any atom is 0.0618 e. The van der Waals surface area contributed by atoms with Gasteiger partial charge < -0.3 is 4.90 Å². The fourth-order valence-electron chi connectivity index (χ4n) is 9.35. The van der Waals surface area contributed by atoms with Crippen LogP contribution in [0.5, 0.6) is 0 Å². The van der Waals surface area contributed by atoms with E-state index in [1.165, 1.54) is 54.9 Å². The van der Waals surface area contributed by atoms with E-state index in [9.17, 15) is 0 Å². The van der Waals surface area contributed by atoms with Crippen molar-refractivity contribution < 1.29 is 0 Å². The molecule has 0 aliphatic heterocycles. The zero-order chi connectivity index (χ0) is 42.0. The summed E-state index contributed by atoms with van der Waals surface area (Å²) in [7, 11) is 0. The lowest BCUT2D eigenvalue weighted by Crippen LogP contribution is -2.13. The maximum atomic E-state index is 2.52. The monoisotopic (exact) mass is 801 g/mol. The van der Waals surface area contributed by atoms with Crippen molar-refractivity contribution in [2.75, 3.05) is 4.90 Å². The number of benzene rings is 11. The Labute approximate surface area is 369 Å². The molecule has 11 aromatic carbocycles. The highest BCUT2D eigenvalue weighted by Gasteiger charge is 2.25. The summed E-state index contributed by atoms with van der Waals surface area (Å²) in [5.41, 5.74) is 17.4. The van der Waals surface area contributed by atoms with Crippen molar-refractivity contribution in [1.82, 2.24) is 0 Å². The number of rotatable bonds is 9. The Morgan fingerprint density at radius 1 is 0.206 bits per heavy atom. The average molecular weight is 802 g/mol. The standard InChI is InChI=1S/C62H43N/c1-7-22-44(23-8-1)50-40-51(45-24-9-2-10-25-45)42-53(41-50)63(62-54(46-26-11-3-12-27-46)36-21-37-55(62)47-28-13-4-14-29-47)52-38-39-58-59(43-52)56-34-19-20-35-57(56)60(48-30-15-5-16-31-48)61(58)49-32-17-6-18-33-49/h1-43H. The molecular formula is C62H43N. The van der Waals surface area contributed by atoms with Crippen molar-refractivity contribution in [3.05, 3.63) is 261 Å². The highest BCUT2D eigenvalue weighted by atomic mass is 15.1. The lowest BCUT2D eigenvalue weighted by Gasteiger charge is -2.32. The van der Waals surface area contributed by atoms with Gasteiger partial charge in [0.2, 0.25) is 0 Å². The number of anilines is 3. The molecule has 0 saturated heterocycles. The van der Waals surface area contributed by atoms with Gasteiger partial charge in [-0.2, -0.15) is 0 Å². The highest BCUT2D eigenvalue weighted by Crippen LogP contribution is 2.51. The summed E-state index contributed by atoms with van der Waals surface area (Å²) < 4.78 is 0. The molecule has 1 heteroatoms. The number of para-hydroxylation sites is 1. The van der Waals surface area contributed by atoms with Crippen LogP contribution < -0.4 is 4.90 Å². The number of hydrogen-bond acceptors (Lipinski definition) is 1. The first-order valence-electron chi connectivity index (χ1n) is 21.7. The maximum absolute atomic E-state index is 2.52. The van der Waals surface area contributed by atoms with E-state index in [1.807, 2.05) is 0 Å². The van der Waals surface area contributed by atoms with E-state index >= 15 is 0 Å². The first-order valence-corrected chi connectivity index (χ1v) is 21.7. The quantitative estimate of drug-likeness (QED) is 0.131. The predicted octanol–water partition coefficient (Wildman–Crippen LogP) is 17.5. The summed E-state index contributed by atoms with van der Waals surface area (Å²) in [6.07, 6.45) is 0. The molecule has 0 aliphatic rings. The minimum atomic E-state index is 1.07. The van der Waals surface area contributed by atoms with E-state index in [-0.39, 0.29) is 0 Å². The summed E-state index contributed by atoms with van der Waals surface area (Å²) in [5, 5.41) is 4.86. The molecule has 296 valence electrons. The van der Waals surface area contributed by atoms with Crippen molar-refractivity contribution >= 4 is 38.6 Å². The second-order valence-electron chi connectivity index (χ2n) is 16.0. The number of nitrogens with zero attached hydrogens (tertiary/aromatic N) is 1. The van der Waals surface area contributed by atoms with Gasteiger partial charge in [-0.3, -0.25) is 0 Å². The van der Waals surface area contributed by atoms with E-state index in [0.29, 0.717) is 0 Å². The lowest BCUT2D eigenvalue weighted by molar-refractivity contribution is 1.29. The van der Waals surface area contributed by atoms with Crippen LogP contribution in [-0.2, 0) is 0 Å². The molecule has 0 amide bonds. The Hall–Kier alpha value is -8.26. The molecule has 0 atom stereocenters. The van der Waals surface area contributed by atoms with Crippen LogP contribution in [0.1, 0.15) is 0 Å². The van der Waals surface area contributed by atoms with Crippen molar-refractivity contribution in [2.45, 2.75) is 0 Å². The van der Waals surface area contributed by atoms with Gasteiger partial charge in [0.1, 0.15) is 0 Å².